The SMILES string of the molecule is C=CCN(C(=O)C1N(CCCO)C(=O)[C@@H]2[C@H](C(=O)OCC)[C@]3(C)CCC12S3)C(C)C. The molecule has 0 aromatic carbocycles. The lowest BCUT2D eigenvalue weighted by Gasteiger charge is -2.38. The molecule has 8 heteroatoms. The van der Waals surface area contributed by atoms with E-state index in [2.05, 4.69) is 6.58 Å². The van der Waals surface area contributed by atoms with Gasteiger partial charge in [0.05, 0.1) is 23.2 Å². The maximum absolute atomic E-state index is 13.8. The molecule has 5 atom stereocenters. The van der Waals surface area contributed by atoms with Gasteiger partial charge in [0.15, 0.2) is 0 Å². The van der Waals surface area contributed by atoms with Crippen molar-refractivity contribution in [3.63, 3.8) is 0 Å². The Bertz CT molecular complexity index is 728. The fourth-order valence-electron chi connectivity index (χ4n) is 5.63. The maximum Gasteiger partial charge on any atom is 0.311 e. The quantitative estimate of drug-likeness (QED) is 0.437. The van der Waals surface area contributed by atoms with Crippen molar-refractivity contribution in [2.75, 3.05) is 26.3 Å². The van der Waals surface area contributed by atoms with Gasteiger partial charge >= 0.3 is 5.97 Å². The summed E-state index contributed by atoms with van der Waals surface area (Å²) in [4.78, 5) is 43.8. The highest BCUT2D eigenvalue weighted by Gasteiger charge is 2.77. The van der Waals surface area contributed by atoms with Crippen LogP contribution in [0.15, 0.2) is 12.7 Å². The summed E-state index contributed by atoms with van der Waals surface area (Å²) in [5.41, 5.74) is 0. The van der Waals surface area contributed by atoms with Crippen molar-refractivity contribution < 1.29 is 24.2 Å². The topological polar surface area (TPSA) is 87.2 Å². The van der Waals surface area contributed by atoms with Crippen molar-refractivity contribution in [1.29, 1.82) is 0 Å². The number of hydrogen-bond donors (Lipinski definition) is 1. The van der Waals surface area contributed by atoms with E-state index in [0.29, 0.717) is 25.9 Å². The highest BCUT2D eigenvalue weighted by atomic mass is 32.2. The van der Waals surface area contributed by atoms with Crippen LogP contribution in [-0.2, 0) is 19.1 Å². The van der Waals surface area contributed by atoms with E-state index >= 15 is 0 Å². The van der Waals surface area contributed by atoms with Crippen LogP contribution in [0.2, 0.25) is 0 Å². The van der Waals surface area contributed by atoms with Gasteiger partial charge in [0.25, 0.3) is 0 Å². The van der Waals surface area contributed by atoms with Crippen LogP contribution < -0.4 is 0 Å². The average molecular weight is 439 g/mol. The molecule has 3 aliphatic heterocycles. The van der Waals surface area contributed by atoms with Crippen LogP contribution in [0.25, 0.3) is 0 Å². The van der Waals surface area contributed by atoms with E-state index in [1.54, 1.807) is 34.6 Å². The summed E-state index contributed by atoms with van der Waals surface area (Å²) in [6, 6.07) is -0.684. The molecule has 0 aliphatic carbocycles. The number of thioether (sulfide) groups is 1. The first-order valence-electron chi connectivity index (χ1n) is 10.9. The summed E-state index contributed by atoms with van der Waals surface area (Å²) in [7, 11) is 0. The van der Waals surface area contributed by atoms with E-state index in [0.717, 1.165) is 6.42 Å². The lowest BCUT2D eigenvalue weighted by molar-refractivity contribution is -0.155. The van der Waals surface area contributed by atoms with E-state index in [4.69, 9.17) is 4.74 Å². The third kappa shape index (κ3) is 3.36. The number of fused-ring (bicyclic) bond motifs is 1. The Morgan fingerprint density at radius 2 is 2.13 bits per heavy atom. The van der Waals surface area contributed by atoms with E-state index in [-0.39, 0.29) is 37.0 Å². The molecule has 0 aromatic heterocycles. The number of likely N-dealkylation sites (tertiary alicyclic amines) is 1. The minimum absolute atomic E-state index is 0.0409. The number of hydrogen-bond acceptors (Lipinski definition) is 6. The van der Waals surface area contributed by atoms with Gasteiger partial charge in [0.2, 0.25) is 11.8 Å². The minimum Gasteiger partial charge on any atom is -0.466 e. The van der Waals surface area contributed by atoms with Gasteiger partial charge in [-0.1, -0.05) is 6.08 Å². The van der Waals surface area contributed by atoms with Crippen LogP contribution in [0.3, 0.4) is 0 Å². The van der Waals surface area contributed by atoms with Gasteiger partial charge in [-0.05, 0) is 47.0 Å². The zero-order valence-electron chi connectivity index (χ0n) is 18.4. The van der Waals surface area contributed by atoms with Crippen LogP contribution in [0, 0.1) is 11.8 Å². The molecule has 0 aromatic rings. The number of rotatable bonds is 9. The first-order valence-corrected chi connectivity index (χ1v) is 11.7. The Labute approximate surface area is 183 Å². The second kappa shape index (κ2) is 8.54. The number of aliphatic hydroxyl groups excluding tert-OH is 1. The number of ether oxygens (including phenoxy) is 1. The summed E-state index contributed by atoms with van der Waals surface area (Å²) in [6.07, 6.45) is 3.58. The van der Waals surface area contributed by atoms with Gasteiger partial charge in [-0.3, -0.25) is 14.4 Å². The molecule has 2 unspecified atom stereocenters. The molecule has 1 N–H and O–H groups in total. The van der Waals surface area contributed by atoms with Crippen molar-refractivity contribution in [2.24, 2.45) is 11.8 Å². The Kier molecular flexibility index (Phi) is 6.58. The third-order valence-electron chi connectivity index (χ3n) is 6.84. The van der Waals surface area contributed by atoms with Crippen molar-refractivity contribution in [3.8, 4) is 0 Å². The first kappa shape index (κ1) is 23.1. The molecule has 3 fully saturated rings. The molecule has 3 rings (SSSR count). The third-order valence-corrected chi connectivity index (χ3v) is 8.83. The lowest BCUT2D eigenvalue weighted by Crippen LogP contribution is -2.56. The van der Waals surface area contributed by atoms with Crippen LogP contribution in [0.5, 0.6) is 0 Å². The monoisotopic (exact) mass is 438 g/mol. The number of aliphatic hydroxyl groups is 1. The molecule has 168 valence electrons. The van der Waals surface area contributed by atoms with E-state index in [9.17, 15) is 19.5 Å². The van der Waals surface area contributed by atoms with Crippen molar-refractivity contribution in [2.45, 2.75) is 68.5 Å². The minimum atomic E-state index is -0.643. The van der Waals surface area contributed by atoms with E-state index in [1.165, 1.54) is 0 Å². The number of esters is 1. The summed E-state index contributed by atoms with van der Waals surface area (Å²) in [6.45, 7) is 12.4. The van der Waals surface area contributed by atoms with Gasteiger partial charge in [-0.15, -0.1) is 18.3 Å². The highest BCUT2D eigenvalue weighted by Crippen LogP contribution is 2.71. The molecule has 2 amide bonds. The first-order chi connectivity index (χ1) is 14.2. The molecule has 0 saturated carbocycles. The van der Waals surface area contributed by atoms with Gasteiger partial charge in [-0.25, -0.2) is 0 Å². The summed E-state index contributed by atoms with van der Waals surface area (Å²) >= 11 is 1.64. The normalized spacial score (nSPS) is 34.4. The predicted molar refractivity (Wildman–Crippen MR) is 116 cm³/mol. The Balaban J connectivity index is 2.06. The van der Waals surface area contributed by atoms with Crippen molar-refractivity contribution in [1.82, 2.24) is 9.80 Å². The largest absolute Gasteiger partial charge is 0.466 e. The highest BCUT2D eigenvalue weighted by molar-refractivity contribution is 8.02. The zero-order valence-corrected chi connectivity index (χ0v) is 19.2. The fourth-order valence-corrected chi connectivity index (χ4v) is 7.97. The Hall–Kier alpha value is -1.54. The van der Waals surface area contributed by atoms with Crippen LogP contribution in [-0.4, -0.2) is 80.6 Å². The van der Waals surface area contributed by atoms with Gasteiger partial charge < -0.3 is 19.6 Å². The van der Waals surface area contributed by atoms with Crippen molar-refractivity contribution in [3.05, 3.63) is 12.7 Å². The van der Waals surface area contributed by atoms with E-state index < -0.39 is 27.4 Å². The smallest absolute Gasteiger partial charge is 0.311 e. The maximum atomic E-state index is 13.8. The van der Waals surface area contributed by atoms with Crippen LogP contribution in [0.4, 0.5) is 0 Å². The van der Waals surface area contributed by atoms with Crippen LogP contribution >= 0.6 is 11.8 Å². The number of carbonyl (C=O) groups excluding carboxylic acids is 3. The second-order valence-corrected chi connectivity index (χ2v) is 10.9. The summed E-state index contributed by atoms with van der Waals surface area (Å²) in [5, 5.41) is 9.38. The molecule has 30 heavy (non-hydrogen) atoms. The number of amides is 2. The second-order valence-electron chi connectivity index (χ2n) is 8.96. The summed E-state index contributed by atoms with van der Waals surface area (Å²) in [5.74, 6) is -1.71. The summed E-state index contributed by atoms with van der Waals surface area (Å²) < 4.78 is 4.32. The Morgan fingerprint density at radius 3 is 2.70 bits per heavy atom. The molecule has 3 heterocycles. The molecular formula is C22H34N2O5S. The number of carbonyl (C=O) groups is 3. The molecule has 7 nitrogen and oxygen atoms in total. The standard InChI is InChI=1S/C22H34N2O5S/c1-6-11-23(14(3)4)19(27)17-22-10-9-21(5,30-22)16(20(28)29-7-2)15(22)18(26)24(17)12-8-13-25/h6,14-17,25H,1,7-13H2,2-5H3/t15-,16+,17?,21-,22?/m0/s1. The molecular weight excluding hydrogens is 404 g/mol. The molecule has 0 radical (unpaired) electrons. The lowest BCUT2D eigenvalue weighted by atomic mass is 9.66. The molecule has 1 spiro atoms. The molecule has 3 saturated heterocycles. The van der Waals surface area contributed by atoms with E-state index in [1.807, 2.05) is 20.8 Å². The van der Waals surface area contributed by atoms with Gasteiger partial charge in [0, 0.05) is 30.5 Å². The van der Waals surface area contributed by atoms with Crippen molar-refractivity contribution >= 4 is 29.5 Å². The predicted octanol–water partition coefficient (Wildman–Crippen LogP) is 1.84. The Morgan fingerprint density at radius 1 is 1.43 bits per heavy atom. The number of nitrogens with zero attached hydrogens (tertiary/aromatic N) is 2. The fraction of sp³-hybridized carbons (Fsp3) is 0.773. The van der Waals surface area contributed by atoms with Crippen LogP contribution in [0.1, 0.15) is 47.0 Å². The molecule has 2 bridgehead atoms. The average Bonchev–Trinajstić information content (AvgIpc) is 3.25. The molecule has 3 aliphatic rings. The van der Waals surface area contributed by atoms with Gasteiger partial charge in [0.1, 0.15) is 6.04 Å². The van der Waals surface area contributed by atoms with Gasteiger partial charge in [-0.2, -0.15) is 0 Å². The zero-order chi connectivity index (χ0) is 22.3.